The molecule has 1 aromatic rings. The average molecular weight is 277 g/mol. The van der Waals surface area contributed by atoms with Gasteiger partial charge in [0.05, 0.1) is 6.61 Å². The van der Waals surface area contributed by atoms with Crippen LogP contribution in [-0.4, -0.2) is 24.8 Å². The maximum absolute atomic E-state index is 11.9. The summed E-state index contributed by atoms with van der Waals surface area (Å²) >= 11 is 0. The Bertz CT molecular complexity index is 438. The highest BCUT2D eigenvalue weighted by molar-refractivity contribution is 5.98. The van der Waals surface area contributed by atoms with Crippen LogP contribution in [0.2, 0.25) is 0 Å². The van der Waals surface area contributed by atoms with Crippen molar-refractivity contribution in [1.29, 1.82) is 0 Å². The molecule has 1 aromatic carbocycles. The van der Waals surface area contributed by atoms with Crippen molar-refractivity contribution in [2.24, 2.45) is 5.92 Å². The molecule has 1 N–H and O–H groups in total. The molecular weight excluding hydrogens is 254 g/mol. The number of carbonyl (C=O) groups excluding carboxylic acids is 2. The molecule has 0 aliphatic rings. The van der Waals surface area contributed by atoms with E-state index in [2.05, 4.69) is 5.32 Å². The molecule has 1 rings (SSSR count). The second kappa shape index (κ2) is 8.35. The molecule has 4 heteroatoms. The van der Waals surface area contributed by atoms with Crippen molar-refractivity contribution in [2.45, 2.75) is 33.6 Å². The standard InChI is InChI=1S/C16H23NO3/c1-4-20-14-7-5-13(6-8-14)15(18)9-10-16(19)17-11-12(2)3/h5-8,12H,4,9-11H2,1-3H3,(H,17,19). The number of ketones is 1. The van der Waals surface area contributed by atoms with E-state index in [0.717, 1.165) is 5.75 Å². The zero-order valence-corrected chi connectivity index (χ0v) is 12.4. The number of rotatable bonds is 8. The number of amides is 1. The Morgan fingerprint density at radius 2 is 1.80 bits per heavy atom. The van der Waals surface area contributed by atoms with E-state index < -0.39 is 0 Å². The molecule has 0 aliphatic heterocycles. The molecular formula is C16H23NO3. The van der Waals surface area contributed by atoms with Gasteiger partial charge < -0.3 is 10.1 Å². The van der Waals surface area contributed by atoms with Gasteiger partial charge in [-0.15, -0.1) is 0 Å². The molecule has 0 saturated carbocycles. The summed E-state index contributed by atoms with van der Waals surface area (Å²) in [5.41, 5.74) is 0.616. The van der Waals surface area contributed by atoms with E-state index in [1.807, 2.05) is 20.8 Å². The van der Waals surface area contributed by atoms with Crippen LogP contribution in [0.15, 0.2) is 24.3 Å². The van der Waals surface area contributed by atoms with E-state index >= 15 is 0 Å². The molecule has 0 saturated heterocycles. The summed E-state index contributed by atoms with van der Waals surface area (Å²) in [4.78, 5) is 23.5. The second-order valence-corrected chi connectivity index (χ2v) is 5.08. The van der Waals surface area contributed by atoms with Gasteiger partial charge in [-0.05, 0) is 37.1 Å². The molecule has 0 unspecified atom stereocenters. The van der Waals surface area contributed by atoms with E-state index in [0.29, 0.717) is 24.6 Å². The number of benzene rings is 1. The molecule has 0 bridgehead atoms. The van der Waals surface area contributed by atoms with E-state index in [9.17, 15) is 9.59 Å². The Balaban J connectivity index is 2.40. The van der Waals surface area contributed by atoms with Crippen molar-refractivity contribution in [1.82, 2.24) is 5.32 Å². The highest BCUT2D eigenvalue weighted by Gasteiger charge is 2.09. The lowest BCUT2D eigenvalue weighted by molar-refractivity contribution is -0.121. The van der Waals surface area contributed by atoms with Gasteiger partial charge in [0.15, 0.2) is 5.78 Å². The third kappa shape index (κ3) is 5.87. The summed E-state index contributed by atoms with van der Waals surface area (Å²) in [7, 11) is 0. The smallest absolute Gasteiger partial charge is 0.220 e. The van der Waals surface area contributed by atoms with Crippen LogP contribution in [0.5, 0.6) is 5.75 Å². The Morgan fingerprint density at radius 3 is 2.35 bits per heavy atom. The molecule has 0 aliphatic carbocycles. The minimum atomic E-state index is -0.0713. The van der Waals surface area contributed by atoms with Crippen molar-refractivity contribution in [3.05, 3.63) is 29.8 Å². The first kappa shape index (κ1) is 16.2. The summed E-state index contributed by atoms with van der Waals surface area (Å²) in [5, 5.41) is 2.80. The topological polar surface area (TPSA) is 55.4 Å². The Labute approximate surface area is 120 Å². The van der Waals surface area contributed by atoms with Gasteiger partial charge >= 0.3 is 0 Å². The SMILES string of the molecule is CCOc1ccc(C(=O)CCC(=O)NCC(C)C)cc1. The maximum atomic E-state index is 11.9. The predicted octanol–water partition coefficient (Wildman–Crippen LogP) is 2.82. The van der Waals surface area contributed by atoms with Crippen molar-refractivity contribution in [3.8, 4) is 5.75 Å². The summed E-state index contributed by atoms with van der Waals surface area (Å²) in [6.07, 6.45) is 0.469. The van der Waals surface area contributed by atoms with Gasteiger partial charge in [0, 0.05) is 24.9 Å². The minimum Gasteiger partial charge on any atom is -0.494 e. The number of nitrogens with one attached hydrogen (secondary N) is 1. The number of Topliss-reactive ketones (excluding diaryl/α,β-unsaturated/α-hetero) is 1. The number of hydrogen-bond acceptors (Lipinski definition) is 3. The minimum absolute atomic E-state index is 0.0206. The van der Waals surface area contributed by atoms with Crippen LogP contribution in [0.3, 0.4) is 0 Å². The Hall–Kier alpha value is -1.84. The maximum Gasteiger partial charge on any atom is 0.220 e. The highest BCUT2D eigenvalue weighted by Crippen LogP contribution is 2.14. The van der Waals surface area contributed by atoms with Crippen molar-refractivity contribution in [2.75, 3.05) is 13.2 Å². The van der Waals surface area contributed by atoms with Crippen LogP contribution in [-0.2, 0) is 4.79 Å². The first-order valence-corrected chi connectivity index (χ1v) is 7.05. The molecule has 0 aromatic heterocycles. The fraction of sp³-hybridized carbons (Fsp3) is 0.500. The van der Waals surface area contributed by atoms with Crippen LogP contribution in [0.25, 0.3) is 0 Å². The monoisotopic (exact) mass is 277 g/mol. The summed E-state index contributed by atoms with van der Waals surface area (Å²) in [5.74, 6) is 1.07. The van der Waals surface area contributed by atoms with Crippen LogP contribution in [0.1, 0.15) is 44.0 Å². The summed E-state index contributed by atoms with van der Waals surface area (Å²) in [6, 6.07) is 7.02. The molecule has 0 heterocycles. The third-order valence-electron chi connectivity index (χ3n) is 2.77. The molecule has 0 fully saturated rings. The van der Waals surface area contributed by atoms with Crippen molar-refractivity contribution in [3.63, 3.8) is 0 Å². The largest absolute Gasteiger partial charge is 0.494 e. The van der Waals surface area contributed by atoms with Gasteiger partial charge in [0.25, 0.3) is 0 Å². The average Bonchev–Trinajstić information content (AvgIpc) is 2.43. The zero-order valence-electron chi connectivity index (χ0n) is 12.4. The van der Waals surface area contributed by atoms with Gasteiger partial charge in [-0.3, -0.25) is 9.59 Å². The molecule has 4 nitrogen and oxygen atoms in total. The van der Waals surface area contributed by atoms with E-state index in [-0.39, 0.29) is 24.5 Å². The molecule has 0 radical (unpaired) electrons. The normalized spacial score (nSPS) is 10.4. The predicted molar refractivity (Wildman–Crippen MR) is 79.0 cm³/mol. The van der Waals surface area contributed by atoms with Crippen LogP contribution in [0.4, 0.5) is 0 Å². The fourth-order valence-corrected chi connectivity index (χ4v) is 1.68. The first-order valence-electron chi connectivity index (χ1n) is 7.05. The van der Waals surface area contributed by atoms with Crippen molar-refractivity contribution < 1.29 is 14.3 Å². The Morgan fingerprint density at radius 1 is 1.15 bits per heavy atom. The number of carbonyl (C=O) groups is 2. The third-order valence-corrected chi connectivity index (χ3v) is 2.77. The number of ether oxygens (including phenoxy) is 1. The van der Waals surface area contributed by atoms with E-state index in [1.165, 1.54) is 0 Å². The quantitative estimate of drug-likeness (QED) is 0.743. The Kier molecular flexibility index (Phi) is 6.77. The molecule has 0 atom stereocenters. The lowest BCUT2D eigenvalue weighted by atomic mass is 10.1. The van der Waals surface area contributed by atoms with Gasteiger partial charge in [0.1, 0.15) is 5.75 Å². The van der Waals surface area contributed by atoms with Crippen molar-refractivity contribution >= 4 is 11.7 Å². The van der Waals surface area contributed by atoms with Gasteiger partial charge in [-0.25, -0.2) is 0 Å². The zero-order chi connectivity index (χ0) is 15.0. The summed E-state index contributed by atoms with van der Waals surface area (Å²) in [6.45, 7) is 7.23. The van der Waals surface area contributed by atoms with Crippen LogP contribution < -0.4 is 10.1 Å². The van der Waals surface area contributed by atoms with Gasteiger partial charge in [-0.1, -0.05) is 13.8 Å². The van der Waals surface area contributed by atoms with E-state index in [1.54, 1.807) is 24.3 Å². The molecule has 110 valence electrons. The molecule has 0 spiro atoms. The fourth-order valence-electron chi connectivity index (χ4n) is 1.68. The molecule has 20 heavy (non-hydrogen) atoms. The number of hydrogen-bond donors (Lipinski definition) is 1. The summed E-state index contributed by atoms with van der Waals surface area (Å²) < 4.78 is 5.32. The molecule has 1 amide bonds. The first-order chi connectivity index (χ1) is 9.52. The lowest BCUT2D eigenvalue weighted by Gasteiger charge is -2.07. The van der Waals surface area contributed by atoms with Gasteiger partial charge in [-0.2, -0.15) is 0 Å². The lowest BCUT2D eigenvalue weighted by Crippen LogP contribution is -2.27. The highest BCUT2D eigenvalue weighted by atomic mass is 16.5. The van der Waals surface area contributed by atoms with Crippen LogP contribution in [0, 0.1) is 5.92 Å². The van der Waals surface area contributed by atoms with E-state index in [4.69, 9.17) is 4.74 Å². The second-order valence-electron chi connectivity index (χ2n) is 5.08. The van der Waals surface area contributed by atoms with Crippen LogP contribution >= 0.6 is 0 Å². The van der Waals surface area contributed by atoms with Gasteiger partial charge in [0.2, 0.25) is 5.91 Å².